The van der Waals surface area contributed by atoms with E-state index in [9.17, 15) is 0 Å². The second-order valence-corrected chi connectivity index (χ2v) is 4.76. The van der Waals surface area contributed by atoms with Crippen molar-refractivity contribution in [2.75, 3.05) is 0 Å². The van der Waals surface area contributed by atoms with E-state index in [1.165, 1.54) is 0 Å². The second kappa shape index (κ2) is 5.97. The molecule has 0 aliphatic rings. The molecule has 0 aromatic heterocycles. The lowest BCUT2D eigenvalue weighted by Gasteiger charge is -2.16. The van der Waals surface area contributed by atoms with Crippen molar-refractivity contribution >= 4 is 17.2 Å². The molecule has 0 radical (unpaired) electrons. The number of thiocarbonyl (C=S) groups is 1. The van der Waals surface area contributed by atoms with Gasteiger partial charge in [-0.05, 0) is 18.4 Å². The van der Waals surface area contributed by atoms with E-state index < -0.39 is 0 Å². The first-order chi connectivity index (χ1) is 7.50. The molecule has 0 fully saturated rings. The van der Waals surface area contributed by atoms with Gasteiger partial charge in [0.1, 0.15) is 4.99 Å². The van der Waals surface area contributed by atoms with Crippen molar-refractivity contribution in [3.05, 3.63) is 35.4 Å². The van der Waals surface area contributed by atoms with Gasteiger partial charge in [-0.25, -0.2) is 0 Å². The molecule has 1 aromatic carbocycles. The van der Waals surface area contributed by atoms with Crippen LogP contribution in [0.25, 0.3) is 0 Å². The van der Waals surface area contributed by atoms with Gasteiger partial charge in [0.05, 0.1) is 12.7 Å². The molecule has 1 rings (SSSR count). The Morgan fingerprint density at radius 3 is 2.25 bits per heavy atom. The Morgan fingerprint density at radius 2 is 1.81 bits per heavy atom. The van der Waals surface area contributed by atoms with Crippen LogP contribution in [-0.4, -0.2) is 11.1 Å². The predicted molar refractivity (Wildman–Crippen MR) is 71.4 cm³/mol. The highest BCUT2D eigenvalue weighted by Crippen LogP contribution is 2.10. The van der Waals surface area contributed by atoms with Gasteiger partial charge in [-0.2, -0.15) is 0 Å². The van der Waals surface area contributed by atoms with Crippen molar-refractivity contribution in [3.8, 4) is 0 Å². The van der Waals surface area contributed by atoms with E-state index in [-0.39, 0.29) is 6.10 Å². The fourth-order valence-corrected chi connectivity index (χ4v) is 1.32. The lowest BCUT2D eigenvalue weighted by atomic mass is 10.1. The number of hydrogen-bond donors (Lipinski definition) is 1. The summed E-state index contributed by atoms with van der Waals surface area (Å²) in [6.45, 7) is 7.03. The SMILES string of the molecule is CC(C)C(C)OCc1ccc(C(N)=S)cc1. The summed E-state index contributed by atoms with van der Waals surface area (Å²) < 4.78 is 5.73. The molecule has 0 aliphatic carbocycles. The summed E-state index contributed by atoms with van der Waals surface area (Å²) in [5.74, 6) is 0.538. The molecule has 0 heterocycles. The van der Waals surface area contributed by atoms with Crippen LogP contribution >= 0.6 is 12.2 Å². The Bertz CT molecular complexity index is 345. The summed E-state index contributed by atoms with van der Waals surface area (Å²) in [6.07, 6.45) is 0.273. The van der Waals surface area contributed by atoms with E-state index in [0.29, 0.717) is 17.5 Å². The van der Waals surface area contributed by atoms with E-state index in [1.54, 1.807) is 0 Å². The van der Waals surface area contributed by atoms with Gasteiger partial charge in [-0.15, -0.1) is 0 Å². The normalized spacial score (nSPS) is 12.8. The van der Waals surface area contributed by atoms with Crippen molar-refractivity contribution in [2.45, 2.75) is 33.5 Å². The van der Waals surface area contributed by atoms with Gasteiger partial charge in [0.15, 0.2) is 0 Å². The molecule has 1 aromatic rings. The van der Waals surface area contributed by atoms with Crippen LogP contribution in [0.5, 0.6) is 0 Å². The van der Waals surface area contributed by atoms with E-state index in [0.717, 1.165) is 11.1 Å². The first kappa shape index (κ1) is 13.1. The molecule has 88 valence electrons. The van der Waals surface area contributed by atoms with Crippen LogP contribution in [0.4, 0.5) is 0 Å². The Labute approximate surface area is 103 Å². The molecule has 0 aliphatic heterocycles. The number of rotatable bonds is 5. The zero-order valence-electron chi connectivity index (χ0n) is 10.1. The van der Waals surface area contributed by atoms with Crippen LogP contribution in [-0.2, 0) is 11.3 Å². The molecule has 2 N–H and O–H groups in total. The molecule has 0 bridgehead atoms. The molecule has 2 nitrogen and oxygen atoms in total. The average Bonchev–Trinajstić information content (AvgIpc) is 2.26. The predicted octanol–water partition coefficient (Wildman–Crippen LogP) is 2.88. The van der Waals surface area contributed by atoms with E-state index in [4.69, 9.17) is 22.7 Å². The third kappa shape index (κ3) is 3.91. The number of benzene rings is 1. The first-order valence-corrected chi connectivity index (χ1v) is 5.92. The van der Waals surface area contributed by atoms with Gasteiger partial charge in [-0.3, -0.25) is 0 Å². The van der Waals surface area contributed by atoms with E-state index in [2.05, 4.69) is 20.8 Å². The average molecular weight is 237 g/mol. The summed E-state index contributed by atoms with van der Waals surface area (Å²) in [6, 6.07) is 7.87. The molecule has 1 unspecified atom stereocenters. The van der Waals surface area contributed by atoms with Crippen LogP contribution in [0.15, 0.2) is 24.3 Å². The van der Waals surface area contributed by atoms with Gasteiger partial charge in [0.25, 0.3) is 0 Å². The molecular weight excluding hydrogens is 218 g/mol. The van der Waals surface area contributed by atoms with E-state index >= 15 is 0 Å². The van der Waals surface area contributed by atoms with Gasteiger partial charge in [-0.1, -0.05) is 50.3 Å². The summed E-state index contributed by atoms with van der Waals surface area (Å²) in [5.41, 5.74) is 7.57. The van der Waals surface area contributed by atoms with Gasteiger partial charge in [0.2, 0.25) is 0 Å². The third-order valence-electron chi connectivity index (χ3n) is 2.69. The number of ether oxygens (including phenoxy) is 1. The Kier molecular flexibility index (Phi) is 4.90. The Balaban J connectivity index is 2.53. The van der Waals surface area contributed by atoms with Crippen LogP contribution < -0.4 is 5.73 Å². The lowest BCUT2D eigenvalue weighted by molar-refractivity contribution is 0.0235. The van der Waals surface area contributed by atoms with Gasteiger partial charge < -0.3 is 10.5 Å². The third-order valence-corrected chi connectivity index (χ3v) is 2.93. The zero-order valence-corrected chi connectivity index (χ0v) is 10.9. The minimum absolute atomic E-state index is 0.273. The highest BCUT2D eigenvalue weighted by atomic mass is 32.1. The highest BCUT2D eigenvalue weighted by molar-refractivity contribution is 7.80. The summed E-state index contributed by atoms with van der Waals surface area (Å²) in [7, 11) is 0. The van der Waals surface area contributed by atoms with Crippen molar-refractivity contribution in [1.29, 1.82) is 0 Å². The van der Waals surface area contributed by atoms with Crippen LogP contribution in [0, 0.1) is 5.92 Å². The van der Waals surface area contributed by atoms with E-state index in [1.807, 2.05) is 24.3 Å². The van der Waals surface area contributed by atoms with Crippen LogP contribution in [0.3, 0.4) is 0 Å². The largest absolute Gasteiger partial charge is 0.389 e. The molecule has 0 saturated carbocycles. The Hall–Kier alpha value is -0.930. The summed E-state index contributed by atoms with van der Waals surface area (Å²) in [5, 5.41) is 0. The minimum Gasteiger partial charge on any atom is -0.389 e. The maximum absolute atomic E-state index is 5.73. The van der Waals surface area contributed by atoms with Crippen molar-refractivity contribution < 1.29 is 4.74 Å². The molecule has 3 heteroatoms. The van der Waals surface area contributed by atoms with Gasteiger partial charge in [0, 0.05) is 5.56 Å². The topological polar surface area (TPSA) is 35.2 Å². The quantitative estimate of drug-likeness (QED) is 0.800. The number of hydrogen-bond acceptors (Lipinski definition) is 2. The molecule has 16 heavy (non-hydrogen) atoms. The molecule has 0 spiro atoms. The molecule has 0 amide bonds. The van der Waals surface area contributed by atoms with Crippen LogP contribution in [0.1, 0.15) is 31.9 Å². The monoisotopic (exact) mass is 237 g/mol. The fraction of sp³-hybridized carbons (Fsp3) is 0.462. The van der Waals surface area contributed by atoms with Crippen LogP contribution in [0.2, 0.25) is 0 Å². The highest BCUT2D eigenvalue weighted by Gasteiger charge is 2.07. The van der Waals surface area contributed by atoms with Crippen molar-refractivity contribution in [2.24, 2.45) is 11.7 Å². The smallest absolute Gasteiger partial charge is 0.103 e. The molecule has 0 saturated heterocycles. The van der Waals surface area contributed by atoms with Gasteiger partial charge >= 0.3 is 0 Å². The Morgan fingerprint density at radius 1 is 1.25 bits per heavy atom. The number of nitrogens with two attached hydrogens (primary N) is 1. The lowest BCUT2D eigenvalue weighted by Crippen LogP contribution is -2.15. The molecule has 1 atom stereocenters. The maximum Gasteiger partial charge on any atom is 0.103 e. The standard InChI is InChI=1S/C13H19NOS/c1-9(2)10(3)15-8-11-4-6-12(7-5-11)13(14)16/h4-7,9-10H,8H2,1-3H3,(H2,14,16). The van der Waals surface area contributed by atoms with Crippen molar-refractivity contribution in [1.82, 2.24) is 0 Å². The molecular formula is C13H19NOS. The zero-order chi connectivity index (χ0) is 12.1. The maximum atomic E-state index is 5.73. The first-order valence-electron chi connectivity index (χ1n) is 5.51. The summed E-state index contributed by atoms with van der Waals surface area (Å²) in [4.78, 5) is 0.433. The minimum atomic E-state index is 0.273. The summed E-state index contributed by atoms with van der Waals surface area (Å²) >= 11 is 4.89. The second-order valence-electron chi connectivity index (χ2n) is 4.32. The fourth-order valence-electron chi connectivity index (χ4n) is 1.19. The van der Waals surface area contributed by atoms with Crippen molar-refractivity contribution in [3.63, 3.8) is 0 Å².